The fourth-order valence-corrected chi connectivity index (χ4v) is 3.06. The van der Waals surface area contributed by atoms with Gasteiger partial charge < -0.3 is 24.4 Å². The van der Waals surface area contributed by atoms with E-state index in [1.165, 1.54) is 0 Å². The quantitative estimate of drug-likeness (QED) is 0.653. The molecule has 1 aliphatic heterocycles. The minimum atomic E-state index is -0.112. The summed E-state index contributed by atoms with van der Waals surface area (Å²) in [6.45, 7) is 2.93. The normalized spacial score (nSPS) is 12.8. The highest BCUT2D eigenvalue weighted by Crippen LogP contribution is 2.34. The zero-order chi connectivity index (χ0) is 20.6. The lowest BCUT2D eigenvalue weighted by atomic mass is 10.2. The van der Waals surface area contributed by atoms with Crippen LogP contribution >= 0.6 is 0 Å². The van der Waals surface area contributed by atoms with E-state index in [0.717, 1.165) is 17.9 Å². The summed E-state index contributed by atoms with van der Waals surface area (Å²) in [6, 6.07) is 12.7. The Labute approximate surface area is 170 Å². The molecule has 2 amide bonds. The summed E-state index contributed by atoms with van der Waals surface area (Å²) in [5.41, 5.74) is 1.32. The second-order valence-electron chi connectivity index (χ2n) is 6.69. The first-order chi connectivity index (χ1) is 14.1. The lowest BCUT2D eigenvalue weighted by Gasteiger charge is -2.30. The number of carbonyl (C=O) groups is 2. The molecule has 7 nitrogen and oxygen atoms in total. The van der Waals surface area contributed by atoms with Crippen LogP contribution in [-0.4, -0.2) is 38.7 Å². The Hall–Kier alpha value is -3.22. The van der Waals surface area contributed by atoms with E-state index in [2.05, 4.69) is 5.32 Å². The number of benzene rings is 2. The first kappa shape index (κ1) is 20.5. The highest BCUT2D eigenvalue weighted by atomic mass is 16.5. The minimum Gasteiger partial charge on any atom is -0.497 e. The van der Waals surface area contributed by atoms with Crippen molar-refractivity contribution >= 4 is 23.2 Å². The zero-order valence-electron chi connectivity index (χ0n) is 16.8. The molecule has 0 spiro atoms. The highest BCUT2D eigenvalue weighted by molar-refractivity contribution is 5.99. The smallest absolute Gasteiger partial charge is 0.265 e. The predicted octanol–water partition coefficient (Wildman–Crippen LogP) is 3.63. The van der Waals surface area contributed by atoms with E-state index in [-0.39, 0.29) is 18.4 Å². The van der Waals surface area contributed by atoms with Crippen molar-refractivity contribution in [2.24, 2.45) is 0 Å². The monoisotopic (exact) mass is 398 g/mol. The first-order valence-corrected chi connectivity index (χ1v) is 9.74. The molecule has 0 aliphatic carbocycles. The van der Waals surface area contributed by atoms with Gasteiger partial charge in [0.25, 0.3) is 5.91 Å². The molecule has 0 fully saturated rings. The van der Waals surface area contributed by atoms with Crippen molar-refractivity contribution in [3.63, 3.8) is 0 Å². The molecule has 154 valence electrons. The standard InChI is InChI=1S/C22H26N2O5/c1-3-5-21(25)23-16-6-11-20-19(14-16)24(22(26)15-29-20)12-4-13-28-18-9-7-17(27-2)8-10-18/h6-11,14H,3-5,12-13,15H2,1-2H3,(H,23,25). The van der Waals surface area contributed by atoms with Crippen molar-refractivity contribution in [3.05, 3.63) is 42.5 Å². The SMILES string of the molecule is CCCC(=O)Nc1ccc2c(c1)N(CCCOc1ccc(OC)cc1)C(=O)CO2. The van der Waals surface area contributed by atoms with Gasteiger partial charge in [-0.05, 0) is 55.3 Å². The molecule has 3 rings (SSSR count). The van der Waals surface area contributed by atoms with Gasteiger partial charge in [-0.3, -0.25) is 9.59 Å². The number of nitrogens with zero attached hydrogens (tertiary/aromatic N) is 1. The Bertz CT molecular complexity index is 851. The number of nitrogens with one attached hydrogen (secondary N) is 1. The molecule has 1 N–H and O–H groups in total. The van der Waals surface area contributed by atoms with Gasteiger partial charge in [0.1, 0.15) is 17.2 Å². The second kappa shape index (κ2) is 9.82. The van der Waals surface area contributed by atoms with E-state index in [4.69, 9.17) is 14.2 Å². The van der Waals surface area contributed by atoms with Crippen LogP contribution < -0.4 is 24.4 Å². The molecule has 1 heterocycles. The van der Waals surface area contributed by atoms with E-state index in [1.807, 2.05) is 31.2 Å². The Kier molecular flexibility index (Phi) is 6.94. The zero-order valence-corrected chi connectivity index (χ0v) is 16.8. The third kappa shape index (κ3) is 5.40. The molecule has 0 radical (unpaired) electrons. The Balaban J connectivity index is 1.60. The molecule has 0 unspecified atom stereocenters. The van der Waals surface area contributed by atoms with E-state index in [9.17, 15) is 9.59 Å². The molecule has 2 aromatic carbocycles. The Morgan fingerprint density at radius 2 is 1.93 bits per heavy atom. The van der Waals surface area contributed by atoms with Crippen LogP contribution in [0.4, 0.5) is 11.4 Å². The molecule has 29 heavy (non-hydrogen) atoms. The van der Waals surface area contributed by atoms with E-state index in [0.29, 0.717) is 43.1 Å². The van der Waals surface area contributed by atoms with Crippen LogP contribution in [0.3, 0.4) is 0 Å². The van der Waals surface area contributed by atoms with Gasteiger partial charge in [0.05, 0.1) is 19.4 Å². The Morgan fingerprint density at radius 1 is 1.17 bits per heavy atom. The molecule has 2 aromatic rings. The number of carbonyl (C=O) groups excluding carboxylic acids is 2. The lowest BCUT2D eigenvalue weighted by Crippen LogP contribution is -2.39. The number of amides is 2. The average Bonchev–Trinajstić information content (AvgIpc) is 2.73. The van der Waals surface area contributed by atoms with Crippen molar-refractivity contribution in [2.75, 3.05) is 37.1 Å². The molecule has 7 heteroatoms. The summed E-state index contributed by atoms with van der Waals surface area (Å²) in [7, 11) is 1.62. The molecule has 0 aromatic heterocycles. The van der Waals surface area contributed by atoms with Gasteiger partial charge in [-0.2, -0.15) is 0 Å². The van der Waals surface area contributed by atoms with Crippen molar-refractivity contribution in [3.8, 4) is 17.2 Å². The molecule has 1 aliphatic rings. The maximum absolute atomic E-state index is 12.4. The van der Waals surface area contributed by atoms with Crippen molar-refractivity contribution in [1.82, 2.24) is 0 Å². The van der Waals surface area contributed by atoms with Crippen LogP contribution in [-0.2, 0) is 9.59 Å². The summed E-state index contributed by atoms with van der Waals surface area (Å²) >= 11 is 0. The largest absolute Gasteiger partial charge is 0.497 e. The van der Waals surface area contributed by atoms with Gasteiger partial charge in [-0.15, -0.1) is 0 Å². The molecular weight excluding hydrogens is 372 g/mol. The van der Waals surface area contributed by atoms with Crippen molar-refractivity contribution in [1.29, 1.82) is 0 Å². The first-order valence-electron chi connectivity index (χ1n) is 9.74. The van der Waals surface area contributed by atoms with Crippen LogP contribution in [0, 0.1) is 0 Å². The van der Waals surface area contributed by atoms with E-state index in [1.54, 1.807) is 30.2 Å². The van der Waals surface area contributed by atoms with Gasteiger partial charge in [0.15, 0.2) is 6.61 Å². The van der Waals surface area contributed by atoms with Crippen molar-refractivity contribution in [2.45, 2.75) is 26.2 Å². The topological polar surface area (TPSA) is 77.1 Å². The molecule has 0 saturated carbocycles. The number of anilines is 2. The molecule has 0 atom stereocenters. The van der Waals surface area contributed by atoms with Gasteiger partial charge in [0, 0.05) is 18.7 Å². The van der Waals surface area contributed by atoms with Gasteiger partial charge in [0.2, 0.25) is 5.91 Å². The van der Waals surface area contributed by atoms with Crippen LogP contribution in [0.2, 0.25) is 0 Å². The number of hydrogen-bond acceptors (Lipinski definition) is 5. The van der Waals surface area contributed by atoms with Gasteiger partial charge in [-0.1, -0.05) is 6.92 Å². The lowest BCUT2D eigenvalue weighted by molar-refractivity contribution is -0.121. The minimum absolute atomic E-state index is 0.00782. The maximum Gasteiger partial charge on any atom is 0.265 e. The number of hydrogen-bond donors (Lipinski definition) is 1. The molecule has 0 saturated heterocycles. The fraction of sp³-hybridized carbons (Fsp3) is 0.364. The van der Waals surface area contributed by atoms with Gasteiger partial charge >= 0.3 is 0 Å². The summed E-state index contributed by atoms with van der Waals surface area (Å²) in [4.78, 5) is 25.9. The third-order valence-electron chi connectivity index (χ3n) is 4.52. The maximum atomic E-state index is 12.4. The van der Waals surface area contributed by atoms with Crippen molar-refractivity contribution < 1.29 is 23.8 Å². The summed E-state index contributed by atoms with van der Waals surface area (Å²) in [5, 5.41) is 2.86. The number of methoxy groups -OCH3 is 1. The predicted molar refractivity (Wildman–Crippen MR) is 111 cm³/mol. The van der Waals surface area contributed by atoms with Gasteiger partial charge in [-0.25, -0.2) is 0 Å². The number of fused-ring (bicyclic) bond motifs is 1. The summed E-state index contributed by atoms with van der Waals surface area (Å²) in [6.07, 6.45) is 1.89. The van der Waals surface area contributed by atoms with Crippen LogP contribution in [0.5, 0.6) is 17.2 Å². The summed E-state index contributed by atoms with van der Waals surface area (Å²) < 4.78 is 16.4. The van der Waals surface area contributed by atoms with Crippen LogP contribution in [0.15, 0.2) is 42.5 Å². The number of rotatable bonds is 9. The molecule has 0 bridgehead atoms. The molecular formula is C22H26N2O5. The fourth-order valence-electron chi connectivity index (χ4n) is 3.06. The average molecular weight is 398 g/mol. The highest BCUT2D eigenvalue weighted by Gasteiger charge is 2.25. The van der Waals surface area contributed by atoms with E-state index < -0.39 is 0 Å². The number of ether oxygens (including phenoxy) is 3. The third-order valence-corrected chi connectivity index (χ3v) is 4.52. The summed E-state index contributed by atoms with van der Waals surface area (Å²) in [5.74, 6) is 2.00. The Morgan fingerprint density at radius 3 is 2.66 bits per heavy atom. The van der Waals surface area contributed by atoms with Crippen LogP contribution in [0.25, 0.3) is 0 Å². The second-order valence-corrected chi connectivity index (χ2v) is 6.69. The van der Waals surface area contributed by atoms with E-state index >= 15 is 0 Å². The van der Waals surface area contributed by atoms with Crippen LogP contribution in [0.1, 0.15) is 26.2 Å².